The molecule has 1 rings (SSSR count). The van der Waals surface area contributed by atoms with E-state index >= 15 is 0 Å². The van der Waals surface area contributed by atoms with Crippen LogP contribution in [0.25, 0.3) is 0 Å². The highest BCUT2D eigenvalue weighted by atomic mass is 15.2. The summed E-state index contributed by atoms with van der Waals surface area (Å²) in [6, 6.07) is 0.858. The Kier molecular flexibility index (Phi) is 9.42. The Bertz CT molecular complexity index is 106. The van der Waals surface area contributed by atoms with Gasteiger partial charge in [-0.2, -0.15) is 0 Å². The number of hydrogen-bond acceptors (Lipinski definition) is 2. The molecule has 0 amide bonds. The van der Waals surface area contributed by atoms with E-state index in [2.05, 4.69) is 24.1 Å². The molecule has 0 aliphatic carbocycles. The molecule has 0 aromatic carbocycles. The molecular weight excluding hydrogens is 172 g/mol. The third-order valence-electron chi connectivity index (χ3n) is 2.74. The average molecular weight is 200 g/mol. The van der Waals surface area contributed by atoms with Gasteiger partial charge in [0.15, 0.2) is 0 Å². The largest absolute Gasteiger partial charge is 0.317 e. The Balaban J connectivity index is 0.000000791. The van der Waals surface area contributed by atoms with E-state index in [0.29, 0.717) is 0 Å². The van der Waals surface area contributed by atoms with Gasteiger partial charge in [0.2, 0.25) is 0 Å². The molecule has 0 aromatic rings. The Labute approximate surface area is 90.1 Å². The van der Waals surface area contributed by atoms with Gasteiger partial charge in [-0.25, -0.2) is 0 Å². The minimum Gasteiger partial charge on any atom is -0.317 e. The second-order valence-corrected chi connectivity index (χ2v) is 3.61. The summed E-state index contributed by atoms with van der Waals surface area (Å²) in [5.74, 6) is 0. The van der Waals surface area contributed by atoms with E-state index in [1.54, 1.807) is 0 Å². The second kappa shape index (κ2) is 9.47. The molecule has 0 bridgehead atoms. The molecule has 0 saturated carbocycles. The highest BCUT2D eigenvalue weighted by molar-refractivity contribution is 4.76. The van der Waals surface area contributed by atoms with Gasteiger partial charge < -0.3 is 10.2 Å². The highest BCUT2D eigenvalue weighted by Gasteiger charge is 2.18. The molecule has 1 N–H and O–H groups in total. The quantitative estimate of drug-likeness (QED) is 0.750. The number of nitrogens with one attached hydrogen (secondary N) is 1. The summed E-state index contributed by atoms with van der Waals surface area (Å²) in [6.07, 6.45) is 3.97. The summed E-state index contributed by atoms with van der Waals surface area (Å²) in [6.45, 7) is 13.5. The number of nitrogens with zero attached hydrogens (tertiary/aromatic N) is 1. The lowest BCUT2D eigenvalue weighted by Gasteiger charge is -2.33. The van der Waals surface area contributed by atoms with E-state index < -0.39 is 0 Å². The van der Waals surface area contributed by atoms with Gasteiger partial charge in [0.25, 0.3) is 0 Å². The van der Waals surface area contributed by atoms with Crippen LogP contribution in [0.15, 0.2) is 0 Å². The predicted octanol–water partition coefficient (Wildman–Crippen LogP) is 2.50. The lowest BCUT2D eigenvalue weighted by molar-refractivity contribution is 0.170. The van der Waals surface area contributed by atoms with Crippen molar-refractivity contribution in [3.05, 3.63) is 0 Å². The molecule has 0 unspecified atom stereocenters. The van der Waals surface area contributed by atoms with Crippen molar-refractivity contribution in [3.8, 4) is 0 Å². The Morgan fingerprint density at radius 1 is 1.14 bits per heavy atom. The zero-order valence-electron chi connectivity index (χ0n) is 10.5. The van der Waals surface area contributed by atoms with Crippen molar-refractivity contribution in [3.63, 3.8) is 0 Å². The van der Waals surface area contributed by atoms with Crippen LogP contribution in [0.5, 0.6) is 0 Å². The topological polar surface area (TPSA) is 15.3 Å². The van der Waals surface area contributed by atoms with Crippen LogP contribution in [-0.4, -0.2) is 37.1 Å². The maximum absolute atomic E-state index is 3.41. The summed E-state index contributed by atoms with van der Waals surface area (Å²) < 4.78 is 0. The predicted molar refractivity (Wildman–Crippen MR) is 64.8 cm³/mol. The molecule has 0 spiro atoms. The Hall–Kier alpha value is -0.0800. The first-order chi connectivity index (χ1) is 6.88. The van der Waals surface area contributed by atoms with Gasteiger partial charge in [0.1, 0.15) is 0 Å². The van der Waals surface area contributed by atoms with E-state index in [1.807, 2.05) is 13.8 Å². The minimum absolute atomic E-state index is 0.858. The van der Waals surface area contributed by atoms with Crippen LogP contribution >= 0.6 is 0 Å². The lowest BCUT2D eigenvalue weighted by atomic mass is 10.0. The van der Waals surface area contributed by atoms with Crippen molar-refractivity contribution in [1.82, 2.24) is 10.2 Å². The smallest absolute Gasteiger partial charge is 0.0119 e. The first kappa shape index (κ1) is 13.9. The third kappa shape index (κ3) is 4.97. The van der Waals surface area contributed by atoms with Crippen molar-refractivity contribution < 1.29 is 0 Å². The average Bonchev–Trinajstić information content (AvgIpc) is 2.30. The number of piperidine rings is 1. The molecule has 1 saturated heterocycles. The van der Waals surface area contributed by atoms with Gasteiger partial charge in [0, 0.05) is 6.04 Å². The fourth-order valence-corrected chi connectivity index (χ4v) is 2.06. The van der Waals surface area contributed by atoms with Crippen molar-refractivity contribution >= 4 is 0 Å². The van der Waals surface area contributed by atoms with Gasteiger partial charge in [0.05, 0.1) is 0 Å². The van der Waals surface area contributed by atoms with Crippen LogP contribution < -0.4 is 5.32 Å². The monoisotopic (exact) mass is 200 g/mol. The fraction of sp³-hybridized carbons (Fsp3) is 1.00. The first-order valence-corrected chi connectivity index (χ1v) is 6.33. The maximum Gasteiger partial charge on any atom is 0.0119 e. The molecule has 0 atom stereocenters. The molecule has 1 aliphatic heterocycles. The van der Waals surface area contributed by atoms with Crippen LogP contribution in [0.2, 0.25) is 0 Å². The molecule has 0 aromatic heterocycles. The molecular formula is C12H28N2. The van der Waals surface area contributed by atoms with Crippen molar-refractivity contribution in [2.75, 3.05) is 26.2 Å². The Morgan fingerprint density at radius 2 is 1.71 bits per heavy atom. The molecule has 1 aliphatic rings. The number of hydrogen-bond donors (Lipinski definition) is 1. The SMILES string of the molecule is CC.CCCN(CC)C1CCNCC1. The first-order valence-electron chi connectivity index (χ1n) is 6.33. The minimum atomic E-state index is 0.858. The van der Waals surface area contributed by atoms with E-state index in [1.165, 1.54) is 45.4 Å². The number of rotatable bonds is 4. The molecule has 0 radical (unpaired) electrons. The molecule has 86 valence electrons. The summed E-state index contributed by atoms with van der Waals surface area (Å²) in [4.78, 5) is 2.63. The van der Waals surface area contributed by atoms with Gasteiger partial charge in [-0.15, -0.1) is 0 Å². The Morgan fingerprint density at radius 3 is 2.14 bits per heavy atom. The van der Waals surface area contributed by atoms with E-state index in [9.17, 15) is 0 Å². The van der Waals surface area contributed by atoms with Gasteiger partial charge >= 0.3 is 0 Å². The molecule has 1 fully saturated rings. The lowest BCUT2D eigenvalue weighted by Crippen LogP contribution is -2.43. The van der Waals surface area contributed by atoms with E-state index in [0.717, 1.165) is 6.04 Å². The van der Waals surface area contributed by atoms with Crippen LogP contribution in [0.4, 0.5) is 0 Å². The maximum atomic E-state index is 3.41. The van der Waals surface area contributed by atoms with Crippen LogP contribution in [0.1, 0.15) is 47.0 Å². The second-order valence-electron chi connectivity index (χ2n) is 3.61. The van der Waals surface area contributed by atoms with Crippen molar-refractivity contribution in [2.24, 2.45) is 0 Å². The zero-order valence-corrected chi connectivity index (χ0v) is 10.5. The van der Waals surface area contributed by atoms with E-state index in [4.69, 9.17) is 0 Å². The van der Waals surface area contributed by atoms with Crippen LogP contribution in [0, 0.1) is 0 Å². The van der Waals surface area contributed by atoms with Crippen molar-refractivity contribution in [2.45, 2.75) is 53.0 Å². The van der Waals surface area contributed by atoms with Crippen molar-refractivity contribution in [1.29, 1.82) is 0 Å². The molecule has 2 heteroatoms. The standard InChI is InChI=1S/C10H22N2.C2H6/c1-3-9-12(4-2)10-5-7-11-8-6-10;1-2/h10-11H,3-9H2,1-2H3;1-2H3. The fourth-order valence-electron chi connectivity index (χ4n) is 2.06. The summed E-state index contributed by atoms with van der Waals surface area (Å²) in [7, 11) is 0. The summed E-state index contributed by atoms with van der Waals surface area (Å²) in [5, 5.41) is 3.41. The van der Waals surface area contributed by atoms with Crippen LogP contribution in [0.3, 0.4) is 0 Å². The highest BCUT2D eigenvalue weighted by Crippen LogP contribution is 2.11. The molecule has 2 nitrogen and oxygen atoms in total. The third-order valence-corrected chi connectivity index (χ3v) is 2.74. The normalized spacial score (nSPS) is 17.8. The summed E-state index contributed by atoms with van der Waals surface area (Å²) >= 11 is 0. The van der Waals surface area contributed by atoms with E-state index in [-0.39, 0.29) is 0 Å². The van der Waals surface area contributed by atoms with Gasteiger partial charge in [-0.3, -0.25) is 0 Å². The van der Waals surface area contributed by atoms with Gasteiger partial charge in [-0.1, -0.05) is 27.7 Å². The van der Waals surface area contributed by atoms with Gasteiger partial charge in [-0.05, 0) is 45.4 Å². The van der Waals surface area contributed by atoms with Crippen LogP contribution in [-0.2, 0) is 0 Å². The summed E-state index contributed by atoms with van der Waals surface area (Å²) in [5.41, 5.74) is 0. The zero-order chi connectivity index (χ0) is 10.8. The molecule has 14 heavy (non-hydrogen) atoms. The molecule has 1 heterocycles.